The third-order valence-corrected chi connectivity index (χ3v) is 29.1. The molecule has 6 aromatic heterocycles. The lowest BCUT2D eigenvalue weighted by Gasteiger charge is -2.16. The van der Waals surface area contributed by atoms with E-state index in [0.717, 1.165) is 0 Å². The van der Waals surface area contributed by atoms with Gasteiger partial charge in [0.1, 0.15) is 0 Å². The van der Waals surface area contributed by atoms with Gasteiger partial charge in [-0.3, -0.25) is 0 Å². The van der Waals surface area contributed by atoms with Crippen LogP contribution in [0.25, 0.3) is 50.1 Å². The largest absolute Gasteiger partial charge is 0.153 e. The number of fused-ring (bicyclic) bond motifs is 6. The normalized spacial score (nSPS) is 14.3. The lowest BCUT2D eigenvalue weighted by molar-refractivity contribution is 1.81. The van der Waals surface area contributed by atoms with Crippen LogP contribution in [-0.4, -0.2) is 32.3 Å². The molecule has 0 saturated carbocycles. The zero-order chi connectivity index (χ0) is 27.7. The van der Waals surface area contributed by atoms with Crippen molar-refractivity contribution in [2.24, 2.45) is 0 Å². The van der Waals surface area contributed by atoms with Crippen LogP contribution in [0.5, 0.6) is 0 Å². The Balaban J connectivity index is 1.65. The van der Waals surface area contributed by atoms with E-state index in [-0.39, 0.29) is 0 Å². The Morgan fingerprint density at radius 3 is 0.974 bits per heavy atom. The Kier molecular flexibility index (Phi) is 6.55. The van der Waals surface area contributed by atoms with Gasteiger partial charge in [-0.05, 0) is 9.00 Å². The SMILES string of the molecule is C[Si](C)(C)c1sc([Si](C)(C)C)c2c1sc1c(-c3csc4c3sc3c([Si](C)(C)C)sc([Si](C)(C)C)c34)csc12. The molecule has 10 heteroatoms. The minimum Gasteiger partial charge on any atom is -0.153 e. The van der Waals surface area contributed by atoms with Gasteiger partial charge < -0.3 is 0 Å². The minimum atomic E-state index is -1.43. The van der Waals surface area contributed by atoms with Crippen molar-refractivity contribution in [1.82, 2.24) is 0 Å². The molecule has 6 aromatic rings. The van der Waals surface area contributed by atoms with Gasteiger partial charge in [-0.2, -0.15) is 22.7 Å². The summed E-state index contributed by atoms with van der Waals surface area (Å²) >= 11 is 12.6. The first-order valence-corrected chi connectivity index (χ1v) is 32.4. The molecule has 0 aliphatic carbocycles. The zero-order valence-corrected chi connectivity index (χ0v) is 33.5. The third-order valence-electron chi connectivity index (χ3n) is 7.10. The molecule has 0 saturated heterocycles. The van der Waals surface area contributed by atoms with E-state index in [4.69, 9.17) is 0 Å². The van der Waals surface area contributed by atoms with Crippen LogP contribution in [0.1, 0.15) is 0 Å². The van der Waals surface area contributed by atoms with Crippen LogP contribution in [0.15, 0.2) is 10.8 Å². The van der Waals surface area contributed by atoms with Crippen LogP contribution in [0.2, 0.25) is 78.6 Å². The first kappa shape index (κ1) is 28.2. The highest BCUT2D eigenvalue weighted by molar-refractivity contribution is 7.46. The van der Waals surface area contributed by atoms with Crippen LogP contribution in [-0.2, 0) is 0 Å². The molecule has 6 rings (SSSR count). The summed E-state index contributed by atoms with van der Waals surface area (Å²) in [6.45, 7) is 30.4. The van der Waals surface area contributed by atoms with Crippen molar-refractivity contribution in [3.63, 3.8) is 0 Å². The van der Waals surface area contributed by atoms with Gasteiger partial charge in [0.15, 0.2) is 0 Å². The molecule has 0 aliphatic heterocycles. The molecule has 0 unspecified atom stereocenters. The predicted molar refractivity (Wildman–Crippen MR) is 201 cm³/mol. The maximum atomic E-state index is 2.54. The first-order chi connectivity index (χ1) is 17.4. The second-order valence-corrected chi connectivity index (χ2v) is 42.0. The highest BCUT2D eigenvalue weighted by Gasteiger charge is 2.34. The van der Waals surface area contributed by atoms with Gasteiger partial charge >= 0.3 is 0 Å². The zero-order valence-electron chi connectivity index (χ0n) is 24.6. The summed E-state index contributed by atoms with van der Waals surface area (Å²) in [5.74, 6) is 0. The molecule has 0 aromatic carbocycles. The highest BCUT2D eigenvalue weighted by Crippen LogP contribution is 2.51. The number of rotatable bonds is 5. The van der Waals surface area contributed by atoms with Crippen molar-refractivity contribution in [3.05, 3.63) is 10.8 Å². The van der Waals surface area contributed by atoms with Gasteiger partial charge in [-0.1, -0.05) is 78.6 Å². The summed E-state index contributed by atoms with van der Waals surface area (Å²) in [4.78, 5) is 0. The van der Waals surface area contributed by atoms with Crippen molar-refractivity contribution in [2.75, 3.05) is 0 Å². The summed E-state index contributed by atoms with van der Waals surface area (Å²) < 4.78 is 16.4. The molecule has 38 heavy (non-hydrogen) atoms. The van der Waals surface area contributed by atoms with E-state index in [1.54, 1.807) is 57.0 Å². The lowest BCUT2D eigenvalue weighted by Crippen LogP contribution is -2.38. The molecule has 6 heterocycles. The van der Waals surface area contributed by atoms with Gasteiger partial charge in [-0.15, -0.1) is 45.3 Å². The molecule has 0 aliphatic rings. The van der Waals surface area contributed by atoms with Gasteiger partial charge in [0.25, 0.3) is 0 Å². The maximum Gasteiger partial charge on any atom is 0.0923 e. The molecule has 0 atom stereocenters. The molecule has 202 valence electrons. The Morgan fingerprint density at radius 2 is 0.684 bits per heavy atom. The minimum absolute atomic E-state index is 1.41. The predicted octanol–water partition coefficient (Wildman–Crippen LogP) is 10.5. The summed E-state index contributed by atoms with van der Waals surface area (Å²) in [6, 6.07) is 0. The van der Waals surface area contributed by atoms with Crippen LogP contribution >= 0.6 is 68.0 Å². The van der Waals surface area contributed by atoms with E-state index in [1.807, 2.05) is 22.7 Å². The molecular weight excluding hydrogens is 641 g/mol. The van der Waals surface area contributed by atoms with E-state index in [1.165, 1.54) is 11.1 Å². The van der Waals surface area contributed by atoms with Crippen molar-refractivity contribution in [3.8, 4) is 11.1 Å². The second kappa shape index (κ2) is 8.81. The monoisotopic (exact) mass is 678 g/mol. The van der Waals surface area contributed by atoms with Gasteiger partial charge in [-0.25, -0.2) is 0 Å². The van der Waals surface area contributed by atoms with E-state index >= 15 is 0 Å². The Morgan fingerprint density at radius 1 is 0.368 bits per heavy atom. The quantitative estimate of drug-likeness (QED) is 0.159. The first-order valence-electron chi connectivity index (χ1n) is 13.3. The van der Waals surface area contributed by atoms with Gasteiger partial charge in [0, 0.05) is 51.1 Å². The average Bonchev–Trinajstić information content (AvgIpc) is 3.51. The van der Waals surface area contributed by atoms with E-state index in [0.29, 0.717) is 0 Å². The van der Waals surface area contributed by atoms with E-state index in [2.05, 4.69) is 135 Å². The van der Waals surface area contributed by atoms with Crippen molar-refractivity contribution < 1.29 is 0 Å². The number of thiophene rings is 6. The molecule has 0 nitrogen and oxygen atoms in total. The van der Waals surface area contributed by atoms with Crippen LogP contribution < -0.4 is 18.0 Å². The third kappa shape index (κ3) is 4.27. The Bertz CT molecular complexity index is 1720. The smallest absolute Gasteiger partial charge is 0.0923 e. The standard InChI is InChI=1S/C28H38S6Si4/c1-35(2,3)25-17-21-19(31-23(17)27(33-25)37(7,8)9)15(13-29-21)16-14-30-22-18-24(32-20(16)22)28(38(10,11)12)34-26(18)36(4,5)6/h13-14H,1-12H3. The topological polar surface area (TPSA) is 0 Å². The number of hydrogen-bond donors (Lipinski definition) is 0. The summed E-state index contributed by atoms with van der Waals surface area (Å²) in [5.41, 5.74) is 3.00. The molecule has 0 radical (unpaired) electrons. The molecule has 0 amide bonds. The van der Waals surface area contributed by atoms with Crippen molar-refractivity contribution >= 4 is 157 Å². The van der Waals surface area contributed by atoms with Crippen molar-refractivity contribution in [1.29, 1.82) is 0 Å². The molecule has 0 N–H and O–H groups in total. The maximum absolute atomic E-state index is 2.54. The van der Waals surface area contributed by atoms with E-state index < -0.39 is 32.3 Å². The molecule has 0 spiro atoms. The van der Waals surface area contributed by atoms with E-state index in [9.17, 15) is 0 Å². The Labute approximate surface area is 255 Å². The molecule has 0 fully saturated rings. The van der Waals surface area contributed by atoms with Gasteiger partial charge in [0.05, 0.1) is 51.1 Å². The second-order valence-electron chi connectivity index (χ2n) is 14.7. The summed E-state index contributed by atoms with van der Waals surface area (Å²) in [7, 11) is -5.69. The summed E-state index contributed by atoms with van der Waals surface area (Å²) in [5, 5.41) is 8.27. The fourth-order valence-electron chi connectivity index (χ4n) is 5.30. The molecule has 0 bridgehead atoms. The Hall–Kier alpha value is 0.108. The van der Waals surface area contributed by atoms with Crippen LogP contribution in [0, 0.1) is 0 Å². The lowest BCUT2D eigenvalue weighted by atomic mass is 10.1. The molecular formula is C28H38S6Si4. The van der Waals surface area contributed by atoms with Crippen LogP contribution in [0.4, 0.5) is 0 Å². The van der Waals surface area contributed by atoms with Gasteiger partial charge in [0.2, 0.25) is 0 Å². The average molecular weight is 679 g/mol. The van der Waals surface area contributed by atoms with Crippen molar-refractivity contribution in [2.45, 2.75) is 78.6 Å². The fraction of sp³-hybridized carbons (Fsp3) is 0.429. The number of hydrogen-bond acceptors (Lipinski definition) is 6. The highest BCUT2D eigenvalue weighted by atomic mass is 32.1. The summed E-state index contributed by atoms with van der Waals surface area (Å²) in [6.07, 6.45) is 0. The van der Waals surface area contributed by atoms with Crippen LogP contribution in [0.3, 0.4) is 0 Å². The fourth-order valence-corrected chi connectivity index (χ4v) is 25.3.